The highest BCUT2D eigenvalue weighted by atomic mass is 16.5. The Morgan fingerprint density at radius 2 is 2.50 bits per heavy atom. The maximum Gasteiger partial charge on any atom is 0.155 e. The van der Waals surface area contributed by atoms with E-state index in [-0.39, 0.29) is 5.78 Å². The minimum Gasteiger partial charge on any atom is -0.495 e. The molecule has 1 heterocycles. The topological polar surface area (TPSA) is 26.3 Å². The van der Waals surface area contributed by atoms with Crippen molar-refractivity contribution in [2.24, 2.45) is 0 Å². The predicted octanol–water partition coefficient (Wildman–Crippen LogP) is 1.66. The molecule has 0 radical (unpaired) electrons. The Bertz CT molecular complexity index is 170. The summed E-state index contributed by atoms with van der Waals surface area (Å²) in [6.45, 7) is 3.56. The monoisotopic (exact) mass is 140 g/mol. The van der Waals surface area contributed by atoms with Crippen molar-refractivity contribution in [2.75, 3.05) is 0 Å². The van der Waals surface area contributed by atoms with E-state index in [0.29, 0.717) is 6.10 Å². The Balaban J connectivity index is 2.51. The van der Waals surface area contributed by atoms with Gasteiger partial charge in [-0.2, -0.15) is 0 Å². The molecule has 1 saturated heterocycles. The smallest absolute Gasteiger partial charge is 0.155 e. The Morgan fingerprint density at radius 1 is 1.80 bits per heavy atom. The average molecular weight is 140 g/mol. The lowest BCUT2D eigenvalue weighted by molar-refractivity contribution is -0.112. The number of ketones is 1. The first-order valence-corrected chi connectivity index (χ1v) is 3.56. The summed E-state index contributed by atoms with van der Waals surface area (Å²) in [4.78, 5) is 10.6. The zero-order valence-electron chi connectivity index (χ0n) is 6.39. The van der Waals surface area contributed by atoms with Crippen LogP contribution in [0.5, 0.6) is 0 Å². The molecule has 0 aromatic rings. The molecule has 0 spiro atoms. The normalized spacial score (nSPS) is 28.6. The first-order chi connectivity index (χ1) is 4.68. The maximum atomic E-state index is 10.6. The van der Waals surface area contributed by atoms with Gasteiger partial charge in [-0.25, -0.2) is 0 Å². The third kappa shape index (κ3) is 1.87. The fourth-order valence-electron chi connectivity index (χ4n) is 1.05. The van der Waals surface area contributed by atoms with Gasteiger partial charge in [0.25, 0.3) is 0 Å². The van der Waals surface area contributed by atoms with Crippen molar-refractivity contribution < 1.29 is 9.53 Å². The first-order valence-electron chi connectivity index (χ1n) is 3.56. The van der Waals surface area contributed by atoms with Crippen molar-refractivity contribution in [3.8, 4) is 0 Å². The summed E-state index contributed by atoms with van der Waals surface area (Å²) in [5, 5.41) is 0. The van der Waals surface area contributed by atoms with E-state index in [0.717, 1.165) is 18.6 Å². The van der Waals surface area contributed by atoms with Crippen molar-refractivity contribution in [3.05, 3.63) is 11.8 Å². The highest BCUT2D eigenvalue weighted by Gasteiger charge is 2.15. The van der Waals surface area contributed by atoms with Crippen LogP contribution in [0, 0.1) is 0 Å². The van der Waals surface area contributed by atoms with Gasteiger partial charge < -0.3 is 4.74 Å². The molecule has 0 aromatic carbocycles. The van der Waals surface area contributed by atoms with E-state index in [1.807, 2.05) is 6.92 Å². The van der Waals surface area contributed by atoms with Crippen LogP contribution in [-0.4, -0.2) is 11.9 Å². The van der Waals surface area contributed by atoms with Gasteiger partial charge >= 0.3 is 0 Å². The molecule has 1 unspecified atom stereocenters. The highest BCUT2D eigenvalue weighted by molar-refractivity contribution is 5.87. The number of ether oxygens (including phenoxy) is 1. The molecule has 2 heteroatoms. The van der Waals surface area contributed by atoms with E-state index in [2.05, 4.69) is 0 Å². The number of hydrogen-bond acceptors (Lipinski definition) is 2. The number of carbonyl (C=O) groups is 1. The summed E-state index contributed by atoms with van der Waals surface area (Å²) in [5.41, 5.74) is 0. The van der Waals surface area contributed by atoms with Crippen LogP contribution in [0.1, 0.15) is 26.7 Å². The minimum atomic E-state index is 0.0732. The molecule has 1 fully saturated rings. The zero-order chi connectivity index (χ0) is 7.56. The van der Waals surface area contributed by atoms with E-state index in [4.69, 9.17) is 4.74 Å². The Hall–Kier alpha value is -0.790. The summed E-state index contributed by atoms with van der Waals surface area (Å²) in [5.74, 6) is 0.920. The Kier molecular flexibility index (Phi) is 2.10. The number of allylic oxidation sites excluding steroid dienone is 2. The lowest BCUT2D eigenvalue weighted by atomic mass is 10.2. The number of hydrogen-bond donors (Lipinski definition) is 0. The largest absolute Gasteiger partial charge is 0.495 e. The van der Waals surface area contributed by atoms with E-state index in [1.165, 1.54) is 0 Å². The van der Waals surface area contributed by atoms with Gasteiger partial charge in [0.1, 0.15) is 5.76 Å². The van der Waals surface area contributed by atoms with E-state index in [9.17, 15) is 4.79 Å². The van der Waals surface area contributed by atoms with Crippen molar-refractivity contribution in [3.63, 3.8) is 0 Å². The van der Waals surface area contributed by atoms with Gasteiger partial charge in [-0.05, 0) is 20.3 Å². The maximum absolute atomic E-state index is 10.6. The lowest BCUT2D eigenvalue weighted by Gasteiger charge is -2.01. The van der Waals surface area contributed by atoms with Gasteiger partial charge in [-0.3, -0.25) is 4.79 Å². The third-order valence-corrected chi connectivity index (χ3v) is 1.51. The highest BCUT2D eigenvalue weighted by Crippen LogP contribution is 2.21. The molecule has 1 rings (SSSR count). The van der Waals surface area contributed by atoms with E-state index in [1.54, 1.807) is 13.0 Å². The van der Waals surface area contributed by atoms with Crippen LogP contribution >= 0.6 is 0 Å². The van der Waals surface area contributed by atoms with Crippen LogP contribution in [0.3, 0.4) is 0 Å². The summed E-state index contributed by atoms with van der Waals surface area (Å²) >= 11 is 0. The van der Waals surface area contributed by atoms with E-state index < -0.39 is 0 Å². The van der Waals surface area contributed by atoms with Crippen LogP contribution in [-0.2, 0) is 9.53 Å². The molecular weight excluding hydrogens is 128 g/mol. The summed E-state index contributed by atoms with van der Waals surface area (Å²) < 4.78 is 5.31. The molecule has 0 aromatic heterocycles. The summed E-state index contributed by atoms with van der Waals surface area (Å²) in [7, 11) is 0. The molecule has 1 aliphatic rings. The van der Waals surface area contributed by atoms with Crippen molar-refractivity contribution in [1.29, 1.82) is 0 Å². The molecule has 0 saturated carbocycles. The van der Waals surface area contributed by atoms with Crippen LogP contribution < -0.4 is 0 Å². The SMILES string of the molecule is CC(=O)C=C1CCC(C)O1. The Morgan fingerprint density at radius 3 is 2.90 bits per heavy atom. The van der Waals surface area contributed by atoms with Crippen LogP contribution in [0.15, 0.2) is 11.8 Å². The Labute approximate surface area is 60.9 Å². The van der Waals surface area contributed by atoms with Crippen LogP contribution in [0.2, 0.25) is 0 Å². The summed E-state index contributed by atoms with van der Waals surface area (Å²) in [6, 6.07) is 0. The molecule has 0 amide bonds. The molecule has 1 aliphatic heterocycles. The summed E-state index contributed by atoms with van der Waals surface area (Å²) in [6.07, 6.45) is 3.83. The molecule has 56 valence electrons. The van der Waals surface area contributed by atoms with Gasteiger partial charge in [0.05, 0.1) is 6.10 Å². The standard InChI is InChI=1S/C8H12O2/c1-6(9)5-8-4-3-7(2)10-8/h5,7H,3-4H2,1-2H3. The predicted molar refractivity (Wildman–Crippen MR) is 38.5 cm³/mol. The fraction of sp³-hybridized carbons (Fsp3) is 0.625. The zero-order valence-corrected chi connectivity index (χ0v) is 6.39. The van der Waals surface area contributed by atoms with Gasteiger partial charge in [0.2, 0.25) is 0 Å². The minimum absolute atomic E-state index is 0.0732. The first kappa shape index (κ1) is 7.32. The molecule has 10 heavy (non-hydrogen) atoms. The van der Waals surface area contributed by atoms with Crippen LogP contribution in [0.25, 0.3) is 0 Å². The van der Waals surface area contributed by atoms with Crippen LogP contribution in [0.4, 0.5) is 0 Å². The van der Waals surface area contributed by atoms with Gasteiger partial charge in [0, 0.05) is 12.5 Å². The van der Waals surface area contributed by atoms with Gasteiger partial charge in [-0.15, -0.1) is 0 Å². The van der Waals surface area contributed by atoms with Crippen molar-refractivity contribution in [2.45, 2.75) is 32.8 Å². The molecule has 2 nitrogen and oxygen atoms in total. The van der Waals surface area contributed by atoms with E-state index >= 15 is 0 Å². The molecule has 0 aliphatic carbocycles. The number of carbonyl (C=O) groups excluding carboxylic acids is 1. The van der Waals surface area contributed by atoms with Crippen molar-refractivity contribution in [1.82, 2.24) is 0 Å². The molecule has 0 N–H and O–H groups in total. The average Bonchev–Trinajstić information content (AvgIpc) is 2.13. The van der Waals surface area contributed by atoms with Gasteiger partial charge in [-0.1, -0.05) is 0 Å². The lowest BCUT2D eigenvalue weighted by Crippen LogP contribution is -1.95. The van der Waals surface area contributed by atoms with Gasteiger partial charge in [0.15, 0.2) is 5.78 Å². The second kappa shape index (κ2) is 2.86. The van der Waals surface area contributed by atoms with Crippen molar-refractivity contribution >= 4 is 5.78 Å². The fourth-order valence-corrected chi connectivity index (χ4v) is 1.05. The number of rotatable bonds is 1. The molecule has 1 atom stereocenters. The quantitative estimate of drug-likeness (QED) is 0.518. The molecule has 0 bridgehead atoms. The third-order valence-electron chi connectivity index (χ3n) is 1.51. The second-order valence-corrected chi connectivity index (χ2v) is 2.69. The molecular formula is C8H12O2. The second-order valence-electron chi connectivity index (χ2n) is 2.69.